The lowest BCUT2D eigenvalue weighted by atomic mass is 9.81. The predicted molar refractivity (Wildman–Crippen MR) is 107 cm³/mol. The molecule has 3 aliphatic rings. The Morgan fingerprint density at radius 1 is 1.00 bits per heavy atom. The van der Waals surface area contributed by atoms with Crippen LogP contribution in [0, 0.1) is 0 Å². The molecule has 0 bridgehead atoms. The van der Waals surface area contributed by atoms with Crippen LogP contribution in [-0.4, -0.2) is 47.0 Å². The van der Waals surface area contributed by atoms with Crippen molar-refractivity contribution in [3.63, 3.8) is 0 Å². The van der Waals surface area contributed by atoms with Crippen LogP contribution in [-0.2, 0) is 12.1 Å². The number of carbonyl (C=O) groups is 1. The summed E-state index contributed by atoms with van der Waals surface area (Å²) in [5.41, 5.74) is 3.50. The summed E-state index contributed by atoms with van der Waals surface area (Å²) in [5, 5.41) is 0.826. The number of likely N-dealkylation sites (N-methyl/N-ethyl adjacent to an activating group) is 1. The highest BCUT2D eigenvalue weighted by molar-refractivity contribution is 6.29. The van der Waals surface area contributed by atoms with Gasteiger partial charge in [0.1, 0.15) is 5.15 Å². The maximum Gasteiger partial charge on any atom is 0.253 e. The van der Waals surface area contributed by atoms with Gasteiger partial charge in [-0.1, -0.05) is 23.7 Å². The van der Waals surface area contributed by atoms with E-state index in [1.165, 1.54) is 24.1 Å². The first-order chi connectivity index (χ1) is 13.1. The maximum atomic E-state index is 13.0. The van der Waals surface area contributed by atoms with Crippen LogP contribution in [0.25, 0.3) is 0 Å². The molecule has 2 fully saturated rings. The van der Waals surface area contributed by atoms with Gasteiger partial charge in [-0.15, -0.1) is 0 Å². The number of halogens is 1. The molecule has 2 aliphatic heterocycles. The first-order valence-corrected chi connectivity index (χ1v) is 10.4. The molecule has 1 aromatic heterocycles. The highest BCUT2D eigenvalue weighted by atomic mass is 35.5. The number of hydrogen-bond donors (Lipinski definition) is 0. The van der Waals surface area contributed by atoms with Gasteiger partial charge >= 0.3 is 0 Å². The Kier molecular flexibility index (Phi) is 4.10. The number of benzene rings is 1. The van der Waals surface area contributed by atoms with Crippen molar-refractivity contribution >= 4 is 17.5 Å². The largest absolute Gasteiger partial charge is 0.338 e. The summed E-state index contributed by atoms with van der Waals surface area (Å²) in [5.74, 6) is 0.896. The van der Waals surface area contributed by atoms with Gasteiger partial charge < -0.3 is 9.47 Å². The number of aromatic nitrogens is 1. The zero-order valence-corrected chi connectivity index (χ0v) is 16.6. The molecule has 4 nitrogen and oxygen atoms in total. The number of likely N-dealkylation sites (tertiary alicyclic amines) is 1. The topological polar surface area (TPSA) is 28.5 Å². The summed E-state index contributed by atoms with van der Waals surface area (Å²) in [6, 6.07) is 12.5. The molecule has 1 amide bonds. The molecular weight excluding hydrogens is 358 g/mol. The van der Waals surface area contributed by atoms with Crippen LogP contribution in [0.4, 0.5) is 0 Å². The van der Waals surface area contributed by atoms with Gasteiger partial charge in [-0.05, 0) is 68.5 Å². The number of amides is 1. The second-order valence-electron chi connectivity index (χ2n) is 8.33. The van der Waals surface area contributed by atoms with Gasteiger partial charge in [-0.25, -0.2) is 0 Å². The Bertz CT molecular complexity index is 860. The average molecular weight is 384 g/mol. The molecule has 5 rings (SSSR count). The van der Waals surface area contributed by atoms with Gasteiger partial charge in [-0.3, -0.25) is 9.69 Å². The van der Waals surface area contributed by atoms with E-state index in [0.717, 1.165) is 55.7 Å². The fraction of sp³-hybridized carbons (Fsp3) is 0.500. The molecule has 1 spiro atoms. The van der Waals surface area contributed by atoms with Crippen LogP contribution >= 0.6 is 11.6 Å². The molecule has 3 heterocycles. The smallest absolute Gasteiger partial charge is 0.253 e. The van der Waals surface area contributed by atoms with Crippen LogP contribution in [0.2, 0.25) is 5.15 Å². The lowest BCUT2D eigenvalue weighted by Gasteiger charge is -2.50. The SMILES string of the molecule is CN1CCn2c(Cl)ccc2C12CCN(C(=O)c1ccc(C3CC3)cc1)CC2. The summed E-state index contributed by atoms with van der Waals surface area (Å²) in [7, 11) is 2.21. The summed E-state index contributed by atoms with van der Waals surface area (Å²) < 4.78 is 2.25. The molecule has 5 heteroatoms. The molecule has 0 unspecified atom stereocenters. The van der Waals surface area contributed by atoms with Crippen molar-refractivity contribution in [2.45, 2.75) is 43.7 Å². The second kappa shape index (κ2) is 6.39. The lowest BCUT2D eigenvalue weighted by molar-refractivity contribution is 0.0132. The Labute approximate surface area is 165 Å². The lowest BCUT2D eigenvalue weighted by Crippen LogP contribution is -2.56. The molecule has 27 heavy (non-hydrogen) atoms. The molecule has 1 aliphatic carbocycles. The van der Waals surface area contributed by atoms with Crippen molar-refractivity contribution in [2.24, 2.45) is 0 Å². The van der Waals surface area contributed by atoms with Crippen molar-refractivity contribution in [2.75, 3.05) is 26.7 Å². The van der Waals surface area contributed by atoms with Crippen LogP contribution in [0.1, 0.15) is 53.2 Å². The summed E-state index contributed by atoms with van der Waals surface area (Å²) >= 11 is 6.39. The quantitative estimate of drug-likeness (QED) is 0.781. The minimum atomic E-state index is -0.00198. The number of carbonyl (C=O) groups excluding carboxylic acids is 1. The summed E-state index contributed by atoms with van der Waals surface area (Å²) in [6.07, 6.45) is 4.49. The first kappa shape index (κ1) is 17.3. The van der Waals surface area contributed by atoms with Crippen molar-refractivity contribution < 1.29 is 4.79 Å². The Hall–Kier alpha value is -1.78. The van der Waals surface area contributed by atoms with Crippen LogP contribution in [0.3, 0.4) is 0 Å². The van der Waals surface area contributed by atoms with E-state index in [4.69, 9.17) is 11.6 Å². The number of nitrogens with zero attached hydrogens (tertiary/aromatic N) is 3. The average Bonchev–Trinajstić information content (AvgIpc) is 3.48. The molecule has 0 radical (unpaired) electrons. The van der Waals surface area contributed by atoms with Gasteiger partial charge in [-0.2, -0.15) is 0 Å². The van der Waals surface area contributed by atoms with E-state index in [2.05, 4.69) is 34.7 Å². The number of piperidine rings is 1. The zero-order chi connectivity index (χ0) is 18.6. The monoisotopic (exact) mass is 383 g/mol. The third-order valence-electron chi connectivity index (χ3n) is 6.88. The van der Waals surface area contributed by atoms with Gasteiger partial charge in [0.05, 0.1) is 5.54 Å². The normalized spacial score (nSPS) is 22.1. The maximum absolute atomic E-state index is 13.0. The van der Waals surface area contributed by atoms with Crippen molar-refractivity contribution in [3.8, 4) is 0 Å². The molecule has 1 aromatic carbocycles. The molecule has 1 saturated carbocycles. The summed E-state index contributed by atoms with van der Waals surface area (Å²) in [6.45, 7) is 3.51. The van der Waals surface area contributed by atoms with Crippen molar-refractivity contribution in [3.05, 3.63) is 58.4 Å². The minimum absolute atomic E-state index is 0.00198. The van der Waals surface area contributed by atoms with E-state index < -0.39 is 0 Å². The third kappa shape index (κ3) is 2.81. The fourth-order valence-corrected chi connectivity index (χ4v) is 5.19. The molecule has 0 N–H and O–H groups in total. The van der Waals surface area contributed by atoms with Gasteiger partial charge in [0.15, 0.2) is 0 Å². The zero-order valence-electron chi connectivity index (χ0n) is 15.8. The Balaban J connectivity index is 1.33. The molecule has 1 saturated heterocycles. The summed E-state index contributed by atoms with van der Waals surface area (Å²) in [4.78, 5) is 17.5. The number of fused-ring (bicyclic) bond motifs is 2. The molecule has 142 valence electrons. The highest BCUT2D eigenvalue weighted by Gasteiger charge is 2.44. The standard InChI is InChI=1S/C22H26ClN3O/c1-24-14-15-26-19(8-9-20(26)23)22(24)10-12-25(13-11-22)21(27)18-6-4-17(5-7-18)16-2-3-16/h4-9,16H,2-3,10-15H2,1H3. The van der Waals surface area contributed by atoms with E-state index in [1.807, 2.05) is 23.1 Å². The first-order valence-electron chi connectivity index (χ1n) is 10.0. The van der Waals surface area contributed by atoms with Crippen molar-refractivity contribution in [1.82, 2.24) is 14.4 Å². The van der Waals surface area contributed by atoms with Gasteiger partial charge in [0.2, 0.25) is 0 Å². The van der Waals surface area contributed by atoms with Crippen molar-refractivity contribution in [1.29, 1.82) is 0 Å². The number of hydrogen-bond acceptors (Lipinski definition) is 2. The van der Waals surface area contributed by atoms with Gasteiger partial charge in [0, 0.05) is 37.4 Å². The molecular formula is C22H26ClN3O. The van der Waals surface area contributed by atoms with E-state index in [-0.39, 0.29) is 11.4 Å². The number of rotatable bonds is 2. The van der Waals surface area contributed by atoms with Crippen LogP contribution < -0.4 is 0 Å². The second-order valence-corrected chi connectivity index (χ2v) is 8.72. The van der Waals surface area contributed by atoms with E-state index in [9.17, 15) is 4.79 Å². The van der Waals surface area contributed by atoms with Gasteiger partial charge in [0.25, 0.3) is 5.91 Å². The van der Waals surface area contributed by atoms with Crippen LogP contribution in [0.15, 0.2) is 36.4 Å². The third-order valence-corrected chi connectivity index (χ3v) is 7.21. The van der Waals surface area contributed by atoms with E-state index in [0.29, 0.717) is 0 Å². The highest BCUT2D eigenvalue weighted by Crippen LogP contribution is 2.42. The fourth-order valence-electron chi connectivity index (χ4n) is 4.95. The Morgan fingerprint density at radius 2 is 1.70 bits per heavy atom. The minimum Gasteiger partial charge on any atom is -0.338 e. The molecule has 2 aromatic rings. The van der Waals surface area contributed by atoms with E-state index >= 15 is 0 Å². The predicted octanol–water partition coefficient (Wildman–Crippen LogP) is 4.10. The van der Waals surface area contributed by atoms with Crippen LogP contribution in [0.5, 0.6) is 0 Å². The van der Waals surface area contributed by atoms with E-state index in [1.54, 1.807) is 0 Å². The Morgan fingerprint density at radius 3 is 2.37 bits per heavy atom. The molecule has 0 atom stereocenters.